The van der Waals surface area contributed by atoms with Crippen molar-refractivity contribution < 1.29 is 4.74 Å². The third-order valence-electron chi connectivity index (χ3n) is 5.26. The van der Waals surface area contributed by atoms with Crippen LogP contribution in [-0.4, -0.2) is 6.61 Å². The van der Waals surface area contributed by atoms with E-state index in [2.05, 4.69) is 50.8 Å². The highest BCUT2D eigenvalue weighted by Crippen LogP contribution is 2.38. The first-order chi connectivity index (χ1) is 11.8. The number of hydrogen-bond acceptors (Lipinski definition) is 1. The summed E-state index contributed by atoms with van der Waals surface area (Å²) >= 11 is 0. The monoisotopic (exact) mass is 326 g/mol. The molecule has 0 saturated heterocycles. The molecule has 1 aromatic carbocycles. The fourth-order valence-corrected chi connectivity index (χ4v) is 3.89. The van der Waals surface area contributed by atoms with Crippen molar-refractivity contribution in [3.63, 3.8) is 0 Å². The van der Waals surface area contributed by atoms with Crippen LogP contribution >= 0.6 is 0 Å². The number of aryl methyl sites for hydroxylation is 1. The highest BCUT2D eigenvalue weighted by molar-refractivity contribution is 5.39. The summed E-state index contributed by atoms with van der Waals surface area (Å²) in [5, 5.41) is 0. The summed E-state index contributed by atoms with van der Waals surface area (Å²) in [5.41, 5.74) is 2.89. The van der Waals surface area contributed by atoms with Crippen molar-refractivity contribution in [1.29, 1.82) is 0 Å². The molecule has 2 rings (SSSR count). The van der Waals surface area contributed by atoms with Gasteiger partial charge in [0.2, 0.25) is 0 Å². The van der Waals surface area contributed by atoms with E-state index in [4.69, 9.17) is 4.74 Å². The SMILES string of the molecule is C=CCOc1ccc(C2CCC(CC/C=C/C)CC2)cc1CCC. The van der Waals surface area contributed by atoms with E-state index < -0.39 is 0 Å². The first kappa shape index (κ1) is 18.8. The van der Waals surface area contributed by atoms with E-state index in [1.54, 1.807) is 0 Å². The molecule has 0 atom stereocenters. The molecule has 0 aliphatic heterocycles. The van der Waals surface area contributed by atoms with Gasteiger partial charge in [0, 0.05) is 0 Å². The normalized spacial score (nSPS) is 21.1. The Morgan fingerprint density at radius 1 is 1.21 bits per heavy atom. The van der Waals surface area contributed by atoms with Crippen molar-refractivity contribution in [2.45, 2.75) is 71.1 Å². The largest absolute Gasteiger partial charge is 0.489 e. The molecule has 1 aliphatic carbocycles. The topological polar surface area (TPSA) is 9.23 Å². The summed E-state index contributed by atoms with van der Waals surface area (Å²) in [5.74, 6) is 2.72. The molecule has 0 aromatic heterocycles. The van der Waals surface area contributed by atoms with Gasteiger partial charge in [-0.1, -0.05) is 50.3 Å². The van der Waals surface area contributed by atoms with E-state index in [-0.39, 0.29) is 0 Å². The molecule has 1 aliphatic rings. The average Bonchev–Trinajstić information content (AvgIpc) is 2.62. The molecule has 1 heteroatoms. The highest BCUT2D eigenvalue weighted by Gasteiger charge is 2.22. The molecule has 24 heavy (non-hydrogen) atoms. The van der Waals surface area contributed by atoms with E-state index in [0.29, 0.717) is 6.61 Å². The quantitative estimate of drug-likeness (QED) is 0.452. The van der Waals surface area contributed by atoms with Crippen LogP contribution < -0.4 is 4.74 Å². The first-order valence-corrected chi connectivity index (χ1v) is 9.76. The second-order valence-electron chi connectivity index (χ2n) is 7.08. The molecule has 0 spiro atoms. The number of hydrogen-bond donors (Lipinski definition) is 0. The van der Waals surface area contributed by atoms with E-state index >= 15 is 0 Å². The molecule has 0 radical (unpaired) electrons. The van der Waals surface area contributed by atoms with Crippen LogP contribution in [0.1, 0.15) is 75.8 Å². The summed E-state index contributed by atoms with van der Waals surface area (Å²) in [6.45, 7) is 8.69. The van der Waals surface area contributed by atoms with Crippen LogP contribution in [0.4, 0.5) is 0 Å². The first-order valence-electron chi connectivity index (χ1n) is 9.76. The molecule has 1 saturated carbocycles. The van der Waals surface area contributed by atoms with Crippen LogP contribution in [-0.2, 0) is 6.42 Å². The number of ether oxygens (including phenoxy) is 1. The zero-order valence-electron chi connectivity index (χ0n) is 15.6. The third kappa shape index (κ3) is 5.54. The van der Waals surface area contributed by atoms with Crippen LogP contribution in [0.2, 0.25) is 0 Å². The van der Waals surface area contributed by atoms with Crippen molar-refractivity contribution in [3.05, 3.63) is 54.1 Å². The zero-order chi connectivity index (χ0) is 17.2. The Morgan fingerprint density at radius 3 is 2.67 bits per heavy atom. The van der Waals surface area contributed by atoms with Crippen molar-refractivity contribution in [3.8, 4) is 5.75 Å². The maximum atomic E-state index is 5.83. The Balaban J connectivity index is 1.96. The zero-order valence-corrected chi connectivity index (χ0v) is 15.6. The van der Waals surface area contributed by atoms with Gasteiger partial charge in [-0.2, -0.15) is 0 Å². The van der Waals surface area contributed by atoms with Gasteiger partial charge in [0.05, 0.1) is 0 Å². The molecule has 1 fully saturated rings. The Hall–Kier alpha value is -1.50. The van der Waals surface area contributed by atoms with Gasteiger partial charge in [-0.25, -0.2) is 0 Å². The van der Waals surface area contributed by atoms with Gasteiger partial charge in [0.25, 0.3) is 0 Å². The smallest absolute Gasteiger partial charge is 0.122 e. The molecule has 0 bridgehead atoms. The summed E-state index contributed by atoms with van der Waals surface area (Å²) in [6.07, 6.45) is 16.7. The molecule has 0 amide bonds. The average molecular weight is 327 g/mol. The molecule has 132 valence electrons. The Bertz CT molecular complexity index is 521. The number of allylic oxidation sites excluding steroid dienone is 2. The second-order valence-corrected chi connectivity index (χ2v) is 7.08. The van der Waals surface area contributed by atoms with Crippen molar-refractivity contribution in [2.75, 3.05) is 6.61 Å². The molecule has 0 N–H and O–H groups in total. The summed E-state index contributed by atoms with van der Waals surface area (Å²) in [7, 11) is 0. The molecular weight excluding hydrogens is 292 g/mol. The van der Waals surface area contributed by atoms with Gasteiger partial charge < -0.3 is 4.74 Å². The van der Waals surface area contributed by atoms with Gasteiger partial charge in [-0.3, -0.25) is 0 Å². The van der Waals surface area contributed by atoms with Crippen LogP contribution in [0.3, 0.4) is 0 Å². The van der Waals surface area contributed by atoms with Crippen LogP contribution in [0.15, 0.2) is 43.0 Å². The molecular formula is C23H34O. The van der Waals surface area contributed by atoms with Crippen molar-refractivity contribution in [1.82, 2.24) is 0 Å². The van der Waals surface area contributed by atoms with Crippen LogP contribution in [0.5, 0.6) is 5.75 Å². The Labute approximate surface area is 148 Å². The van der Waals surface area contributed by atoms with E-state index in [0.717, 1.165) is 30.4 Å². The van der Waals surface area contributed by atoms with Crippen LogP contribution in [0.25, 0.3) is 0 Å². The summed E-state index contributed by atoms with van der Waals surface area (Å²) < 4.78 is 5.83. The molecule has 1 nitrogen and oxygen atoms in total. The molecule has 0 unspecified atom stereocenters. The minimum absolute atomic E-state index is 0.591. The minimum Gasteiger partial charge on any atom is -0.489 e. The van der Waals surface area contributed by atoms with Gasteiger partial charge in [0.1, 0.15) is 12.4 Å². The van der Waals surface area contributed by atoms with Crippen LogP contribution in [0, 0.1) is 5.92 Å². The lowest BCUT2D eigenvalue weighted by molar-refractivity contribution is 0.311. The lowest BCUT2D eigenvalue weighted by Gasteiger charge is -2.29. The Kier molecular flexibility index (Phi) is 8.15. The third-order valence-corrected chi connectivity index (χ3v) is 5.26. The van der Waals surface area contributed by atoms with Gasteiger partial charge in [0.15, 0.2) is 0 Å². The molecule has 0 heterocycles. The highest BCUT2D eigenvalue weighted by atomic mass is 16.5. The maximum Gasteiger partial charge on any atom is 0.122 e. The minimum atomic E-state index is 0.591. The molecule has 1 aromatic rings. The van der Waals surface area contributed by atoms with Crippen molar-refractivity contribution >= 4 is 0 Å². The Morgan fingerprint density at radius 2 is 2.00 bits per heavy atom. The number of benzene rings is 1. The fourth-order valence-electron chi connectivity index (χ4n) is 3.89. The predicted octanol–water partition coefficient (Wildman–Crippen LogP) is 6.83. The van der Waals surface area contributed by atoms with E-state index in [9.17, 15) is 0 Å². The second kappa shape index (κ2) is 10.4. The fraction of sp³-hybridized carbons (Fsp3) is 0.565. The summed E-state index contributed by atoms with van der Waals surface area (Å²) in [4.78, 5) is 0. The van der Waals surface area contributed by atoms with Gasteiger partial charge in [-0.05, 0) is 80.9 Å². The van der Waals surface area contributed by atoms with Gasteiger partial charge >= 0.3 is 0 Å². The summed E-state index contributed by atoms with van der Waals surface area (Å²) in [6, 6.07) is 6.89. The van der Waals surface area contributed by atoms with E-state index in [1.165, 1.54) is 49.7 Å². The predicted molar refractivity (Wildman–Crippen MR) is 105 cm³/mol. The maximum absolute atomic E-state index is 5.83. The van der Waals surface area contributed by atoms with E-state index in [1.807, 2.05) is 6.08 Å². The lowest BCUT2D eigenvalue weighted by atomic mass is 9.77. The number of rotatable bonds is 9. The van der Waals surface area contributed by atoms with Gasteiger partial charge in [-0.15, -0.1) is 0 Å². The standard InChI is InChI=1S/C23H34O/c1-4-7-8-10-19-11-13-20(14-12-19)21-15-16-23(24-17-6-3)22(18-21)9-5-2/h4,6-7,15-16,18-20H,3,5,8-14,17H2,1-2H3/b7-4+. The lowest BCUT2D eigenvalue weighted by Crippen LogP contribution is -2.13. The van der Waals surface area contributed by atoms with Crippen molar-refractivity contribution in [2.24, 2.45) is 5.92 Å².